The van der Waals surface area contributed by atoms with Crippen LogP contribution in [0, 0.1) is 0 Å². The number of ketones is 2. The Kier molecular flexibility index (Phi) is 31.3. The molecular formula is C40H66O12. The van der Waals surface area contributed by atoms with Crippen LogP contribution in [0.1, 0.15) is 155 Å². The fourth-order valence-electron chi connectivity index (χ4n) is 5.15. The van der Waals surface area contributed by atoms with Gasteiger partial charge in [0, 0.05) is 25.7 Å². The predicted molar refractivity (Wildman–Crippen MR) is 198 cm³/mol. The fourth-order valence-corrected chi connectivity index (χ4v) is 5.15. The highest BCUT2D eigenvalue weighted by atomic mass is 16.5. The second kappa shape index (κ2) is 33.5. The number of carbonyl (C=O) groups is 5. The molecule has 2 heterocycles. The van der Waals surface area contributed by atoms with Gasteiger partial charge in [-0.05, 0) is 70.7 Å². The summed E-state index contributed by atoms with van der Waals surface area (Å²) in [7, 11) is 0. The number of esters is 3. The minimum Gasteiger partial charge on any atom is -0.466 e. The van der Waals surface area contributed by atoms with Crippen LogP contribution in [0.2, 0.25) is 0 Å². The predicted octanol–water partition coefficient (Wildman–Crippen LogP) is 7.39. The molecule has 298 valence electrons. The number of Topliss-reactive ketones (excluding diaryl/α,β-unsaturated/α-hetero) is 1. The summed E-state index contributed by atoms with van der Waals surface area (Å²) in [6.45, 7) is 8.62. The molecule has 1 aliphatic heterocycles. The summed E-state index contributed by atoms with van der Waals surface area (Å²) >= 11 is 0. The van der Waals surface area contributed by atoms with Gasteiger partial charge in [-0.3, -0.25) is 24.0 Å². The van der Waals surface area contributed by atoms with E-state index in [4.69, 9.17) is 33.6 Å². The summed E-state index contributed by atoms with van der Waals surface area (Å²) in [5, 5.41) is 17.7. The van der Waals surface area contributed by atoms with Crippen molar-refractivity contribution in [1.82, 2.24) is 0 Å². The van der Waals surface area contributed by atoms with E-state index in [1.165, 1.54) is 63.5 Å². The molecule has 0 bridgehead atoms. The monoisotopic (exact) mass is 738 g/mol. The second-order valence-electron chi connectivity index (χ2n) is 12.5. The molecule has 0 spiro atoms. The average Bonchev–Trinajstić information content (AvgIpc) is 3.81. The maximum atomic E-state index is 11.5. The van der Waals surface area contributed by atoms with Crippen molar-refractivity contribution in [2.75, 3.05) is 26.4 Å². The SMILES string of the molecule is CCCCCCCCCCCC(=O)OCC.CCOC(=O)CCC(=O)/C=C/c1ccc(CO)o1.CCOC(=O)CCC(=O)CCC1CCC(CO)O1. The van der Waals surface area contributed by atoms with Gasteiger partial charge in [0.05, 0.1) is 51.5 Å². The Morgan fingerprint density at radius 2 is 1.21 bits per heavy atom. The zero-order chi connectivity index (χ0) is 38.8. The first-order valence-electron chi connectivity index (χ1n) is 19.3. The van der Waals surface area contributed by atoms with Gasteiger partial charge in [0.15, 0.2) is 5.78 Å². The van der Waals surface area contributed by atoms with Crippen LogP contribution in [-0.2, 0) is 49.5 Å². The highest BCUT2D eigenvalue weighted by Crippen LogP contribution is 2.23. The zero-order valence-electron chi connectivity index (χ0n) is 32.2. The maximum absolute atomic E-state index is 11.5. The third kappa shape index (κ3) is 28.3. The van der Waals surface area contributed by atoms with Crippen molar-refractivity contribution >= 4 is 35.6 Å². The van der Waals surface area contributed by atoms with Gasteiger partial charge < -0.3 is 33.6 Å². The molecule has 1 aliphatic rings. The Balaban J connectivity index is 0.000000752. The van der Waals surface area contributed by atoms with Crippen molar-refractivity contribution in [1.29, 1.82) is 0 Å². The van der Waals surface area contributed by atoms with Gasteiger partial charge in [-0.1, -0.05) is 58.3 Å². The number of hydrogen-bond donors (Lipinski definition) is 2. The lowest BCUT2D eigenvalue weighted by Crippen LogP contribution is -2.15. The van der Waals surface area contributed by atoms with Gasteiger partial charge in [-0.2, -0.15) is 0 Å². The largest absolute Gasteiger partial charge is 0.466 e. The van der Waals surface area contributed by atoms with Gasteiger partial charge in [-0.15, -0.1) is 0 Å². The summed E-state index contributed by atoms with van der Waals surface area (Å²) in [6, 6.07) is 3.28. The van der Waals surface area contributed by atoms with E-state index in [9.17, 15) is 24.0 Å². The number of ether oxygens (including phenoxy) is 4. The lowest BCUT2D eigenvalue weighted by Gasteiger charge is -2.11. The minimum absolute atomic E-state index is 0.0366. The summed E-state index contributed by atoms with van der Waals surface area (Å²) in [6.07, 6.45) is 18.5. The van der Waals surface area contributed by atoms with Crippen LogP contribution in [0.5, 0.6) is 0 Å². The molecule has 2 atom stereocenters. The Morgan fingerprint density at radius 1 is 0.673 bits per heavy atom. The molecule has 1 aromatic rings. The van der Waals surface area contributed by atoms with Crippen molar-refractivity contribution in [3.05, 3.63) is 29.7 Å². The van der Waals surface area contributed by atoms with Crippen LogP contribution in [0.4, 0.5) is 0 Å². The first-order chi connectivity index (χ1) is 25.1. The molecule has 0 aliphatic carbocycles. The third-order valence-electron chi connectivity index (χ3n) is 8.00. The molecule has 1 aromatic heterocycles. The van der Waals surface area contributed by atoms with E-state index in [0.29, 0.717) is 50.6 Å². The summed E-state index contributed by atoms with van der Waals surface area (Å²) in [5.41, 5.74) is 0. The Labute approximate surface area is 311 Å². The fraction of sp³-hybridized carbons (Fsp3) is 0.725. The first kappa shape index (κ1) is 48.6. The average molecular weight is 739 g/mol. The standard InChI is InChI=1S/C14H28O2.C13H22O5.C13H16O5/c1-3-5-6-7-8-9-10-11-12-13-14(15)16-4-2;2*1-2-17-13(16)8-4-10(15)3-5-11-6-7-12(9-14)18-11/h3-13H2,1-2H3;11-12,14H,2-9H2,1H3;3,5-7,14H,2,4,8-9H2,1H3/b;;5-3+. The molecule has 0 saturated carbocycles. The van der Waals surface area contributed by atoms with Gasteiger partial charge >= 0.3 is 17.9 Å². The van der Waals surface area contributed by atoms with Gasteiger partial charge in [0.1, 0.15) is 23.9 Å². The van der Waals surface area contributed by atoms with E-state index in [1.807, 2.05) is 6.92 Å². The van der Waals surface area contributed by atoms with Crippen LogP contribution < -0.4 is 0 Å². The van der Waals surface area contributed by atoms with E-state index >= 15 is 0 Å². The normalized spacial score (nSPS) is 14.9. The Hall–Kier alpha value is -3.35. The van der Waals surface area contributed by atoms with Gasteiger partial charge in [0.2, 0.25) is 0 Å². The highest BCUT2D eigenvalue weighted by Gasteiger charge is 2.24. The van der Waals surface area contributed by atoms with Crippen LogP contribution in [0.25, 0.3) is 6.08 Å². The van der Waals surface area contributed by atoms with Gasteiger partial charge in [-0.25, -0.2) is 0 Å². The van der Waals surface area contributed by atoms with Crippen molar-refractivity contribution in [3.8, 4) is 0 Å². The molecule has 12 heteroatoms. The van der Waals surface area contributed by atoms with E-state index in [-0.39, 0.29) is 80.6 Å². The molecule has 2 unspecified atom stereocenters. The van der Waals surface area contributed by atoms with Crippen molar-refractivity contribution in [2.24, 2.45) is 0 Å². The highest BCUT2D eigenvalue weighted by molar-refractivity contribution is 5.94. The van der Waals surface area contributed by atoms with Crippen LogP contribution in [0.15, 0.2) is 22.6 Å². The van der Waals surface area contributed by atoms with Crippen LogP contribution >= 0.6 is 0 Å². The third-order valence-corrected chi connectivity index (χ3v) is 8.00. The molecule has 0 amide bonds. The number of allylic oxidation sites excluding steroid dienone is 1. The number of unbranched alkanes of at least 4 members (excludes halogenated alkanes) is 8. The van der Waals surface area contributed by atoms with Crippen molar-refractivity contribution in [2.45, 2.75) is 162 Å². The lowest BCUT2D eigenvalue weighted by atomic mass is 10.1. The van der Waals surface area contributed by atoms with Gasteiger partial charge in [0.25, 0.3) is 0 Å². The molecular weight excluding hydrogens is 672 g/mol. The zero-order valence-corrected chi connectivity index (χ0v) is 32.2. The Morgan fingerprint density at radius 3 is 1.73 bits per heavy atom. The van der Waals surface area contributed by atoms with E-state index < -0.39 is 0 Å². The number of aliphatic hydroxyl groups excluding tert-OH is 2. The topological polar surface area (TPSA) is 176 Å². The summed E-state index contributed by atoms with van der Waals surface area (Å²) < 4.78 is 25.0. The summed E-state index contributed by atoms with van der Waals surface area (Å²) in [5.74, 6) is 0.0924. The van der Waals surface area contributed by atoms with E-state index in [2.05, 4.69) is 6.92 Å². The van der Waals surface area contributed by atoms with Crippen LogP contribution in [0.3, 0.4) is 0 Å². The van der Waals surface area contributed by atoms with Crippen molar-refractivity contribution in [3.63, 3.8) is 0 Å². The number of furan rings is 1. The smallest absolute Gasteiger partial charge is 0.306 e. The quantitative estimate of drug-likeness (QED) is 0.0418. The molecule has 12 nitrogen and oxygen atoms in total. The minimum atomic E-state index is -0.375. The number of aliphatic hydroxyl groups is 2. The summed E-state index contributed by atoms with van der Waals surface area (Å²) in [4.78, 5) is 56.1. The van der Waals surface area contributed by atoms with Crippen molar-refractivity contribution < 1.29 is 57.6 Å². The number of rotatable bonds is 26. The second-order valence-corrected chi connectivity index (χ2v) is 12.5. The lowest BCUT2D eigenvalue weighted by molar-refractivity contribution is -0.144. The van der Waals surface area contributed by atoms with E-state index in [0.717, 1.165) is 19.3 Å². The van der Waals surface area contributed by atoms with Crippen LogP contribution in [-0.4, -0.2) is 78.3 Å². The number of hydrogen-bond acceptors (Lipinski definition) is 12. The molecule has 52 heavy (non-hydrogen) atoms. The van der Waals surface area contributed by atoms with E-state index in [1.54, 1.807) is 26.0 Å². The molecule has 2 rings (SSSR count). The maximum Gasteiger partial charge on any atom is 0.306 e. The molecule has 2 N–H and O–H groups in total. The number of carbonyl (C=O) groups excluding carboxylic acids is 5. The molecule has 0 radical (unpaired) electrons. The molecule has 1 saturated heterocycles. The Bertz CT molecular complexity index is 1130. The molecule has 0 aromatic carbocycles. The first-order valence-corrected chi connectivity index (χ1v) is 19.3. The molecule has 1 fully saturated rings.